The molecule has 7 nitrogen and oxygen atoms in total. The van der Waals surface area contributed by atoms with E-state index in [1.165, 1.54) is 19.2 Å². The first-order valence-electron chi connectivity index (χ1n) is 6.76. The van der Waals surface area contributed by atoms with E-state index >= 15 is 0 Å². The van der Waals surface area contributed by atoms with E-state index < -0.39 is 4.92 Å². The SMILES string of the molecule is COc1cc(NCCC(=O)NCC(C)C)cc([N+](=O)[O-])c1. The molecule has 21 heavy (non-hydrogen) atoms. The van der Waals surface area contributed by atoms with E-state index in [2.05, 4.69) is 10.6 Å². The molecule has 0 heterocycles. The molecule has 7 heteroatoms. The summed E-state index contributed by atoms with van der Waals surface area (Å²) in [6.07, 6.45) is 0.303. The molecule has 1 rings (SSSR count). The van der Waals surface area contributed by atoms with Crippen molar-refractivity contribution in [1.29, 1.82) is 0 Å². The zero-order chi connectivity index (χ0) is 15.8. The van der Waals surface area contributed by atoms with Gasteiger partial charge in [-0.05, 0) is 5.92 Å². The van der Waals surface area contributed by atoms with E-state index in [1.54, 1.807) is 6.07 Å². The van der Waals surface area contributed by atoms with Crippen LogP contribution in [0.2, 0.25) is 0 Å². The minimum atomic E-state index is -0.483. The van der Waals surface area contributed by atoms with Crippen molar-refractivity contribution in [3.8, 4) is 5.75 Å². The number of amides is 1. The summed E-state index contributed by atoms with van der Waals surface area (Å²) in [6, 6.07) is 4.41. The van der Waals surface area contributed by atoms with Crippen LogP contribution in [0.15, 0.2) is 18.2 Å². The number of hydrogen-bond donors (Lipinski definition) is 2. The third kappa shape index (κ3) is 6.11. The van der Waals surface area contributed by atoms with Gasteiger partial charge in [-0.1, -0.05) is 13.8 Å². The van der Waals surface area contributed by atoms with Gasteiger partial charge in [0.2, 0.25) is 5.91 Å². The molecule has 0 spiro atoms. The largest absolute Gasteiger partial charge is 0.496 e. The van der Waals surface area contributed by atoms with Crippen LogP contribution in [0.25, 0.3) is 0 Å². The zero-order valence-electron chi connectivity index (χ0n) is 12.5. The van der Waals surface area contributed by atoms with E-state index in [-0.39, 0.29) is 11.6 Å². The minimum Gasteiger partial charge on any atom is -0.496 e. The average molecular weight is 295 g/mol. The molecule has 0 saturated carbocycles. The molecule has 0 aromatic heterocycles. The molecule has 0 saturated heterocycles. The van der Waals surface area contributed by atoms with Crippen molar-refractivity contribution in [1.82, 2.24) is 5.32 Å². The van der Waals surface area contributed by atoms with Gasteiger partial charge in [-0.15, -0.1) is 0 Å². The number of hydrogen-bond acceptors (Lipinski definition) is 5. The first kappa shape index (κ1) is 16.7. The predicted octanol–water partition coefficient (Wildman–Crippen LogP) is 2.18. The van der Waals surface area contributed by atoms with Crippen LogP contribution < -0.4 is 15.4 Å². The highest BCUT2D eigenvalue weighted by Gasteiger charge is 2.10. The Hall–Kier alpha value is -2.31. The summed E-state index contributed by atoms with van der Waals surface area (Å²) in [6.45, 7) is 5.08. The maximum atomic E-state index is 11.6. The van der Waals surface area contributed by atoms with Crippen molar-refractivity contribution < 1.29 is 14.5 Å². The highest BCUT2D eigenvalue weighted by molar-refractivity contribution is 5.76. The number of carbonyl (C=O) groups excluding carboxylic acids is 1. The van der Waals surface area contributed by atoms with Crippen molar-refractivity contribution in [2.75, 3.05) is 25.5 Å². The van der Waals surface area contributed by atoms with Gasteiger partial charge < -0.3 is 15.4 Å². The molecular weight excluding hydrogens is 274 g/mol. The highest BCUT2D eigenvalue weighted by Crippen LogP contribution is 2.25. The summed E-state index contributed by atoms with van der Waals surface area (Å²) < 4.78 is 5.01. The second-order valence-electron chi connectivity index (χ2n) is 5.05. The normalized spacial score (nSPS) is 10.3. The molecule has 2 N–H and O–H groups in total. The number of methoxy groups -OCH3 is 1. The Kier molecular flexibility index (Phi) is 6.45. The average Bonchev–Trinajstić information content (AvgIpc) is 2.44. The smallest absolute Gasteiger partial charge is 0.275 e. The lowest BCUT2D eigenvalue weighted by Gasteiger charge is -2.10. The second kappa shape index (κ2) is 8.08. The summed E-state index contributed by atoms with van der Waals surface area (Å²) >= 11 is 0. The van der Waals surface area contributed by atoms with Crippen LogP contribution in [0, 0.1) is 16.0 Å². The topological polar surface area (TPSA) is 93.5 Å². The van der Waals surface area contributed by atoms with Gasteiger partial charge in [-0.2, -0.15) is 0 Å². The van der Waals surface area contributed by atoms with Crippen LogP contribution in [0.5, 0.6) is 5.75 Å². The molecule has 1 aromatic rings. The van der Waals surface area contributed by atoms with Crippen LogP contribution in [0.4, 0.5) is 11.4 Å². The molecule has 1 aromatic carbocycles. The number of rotatable bonds is 8. The van der Waals surface area contributed by atoms with E-state index in [9.17, 15) is 14.9 Å². The molecule has 0 aliphatic rings. The summed E-state index contributed by atoms with van der Waals surface area (Å²) in [5.41, 5.74) is 0.499. The molecule has 0 radical (unpaired) electrons. The lowest BCUT2D eigenvalue weighted by molar-refractivity contribution is -0.384. The summed E-state index contributed by atoms with van der Waals surface area (Å²) in [5, 5.41) is 16.6. The van der Waals surface area contributed by atoms with Crippen molar-refractivity contribution in [2.24, 2.45) is 5.92 Å². The Morgan fingerprint density at radius 1 is 1.38 bits per heavy atom. The number of nitrogens with one attached hydrogen (secondary N) is 2. The van der Waals surface area contributed by atoms with Crippen molar-refractivity contribution in [3.05, 3.63) is 28.3 Å². The van der Waals surface area contributed by atoms with E-state index in [4.69, 9.17) is 4.74 Å². The molecule has 116 valence electrons. The van der Waals surface area contributed by atoms with Gasteiger partial charge in [0.25, 0.3) is 5.69 Å². The van der Waals surface area contributed by atoms with Gasteiger partial charge in [0.15, 0.2) is 0 Å². The lowest BCUT2D eigenvalue weighted by Crippen LogP contribution is -2.28. The highest BCUT2D eigenvalue weighted by atomic mass is 16.6. The van der Waals surface area contributed by atoms with Crippen molar-refractivity contribution >= 4 is 17.3 Å². The summed E-state index contributed by atoms with van der Waals surface area (Å²) in [5.74, 6) is 0.757. The molecule has 0 aliphatic carbocycles. The number of non-ortho nitro benzene ring substituents is 1. The Balaban J connectivity index is 2.53. The summed E-state index contributed by atoms with van der Waals surface area (Å²) in [4.78, 5) is 21.9. The van der Waals surface area contributed by atoms with Crippen LogP contribution in [0.3, 0.4) is 0 Å². The number of nitrogens with zero attached hydrogens (tertiary/aromatic N) is 1. The number of nitro groups is 1. The van der Waals surface area contributed by atoms with Gasteiger partial charge in [0.05, 0.1) is 18.1 Å². The Morgan fingerprint density at radius 2 is 2.10 bits per heavy atom. The summed E-state index contributed by atoms with van der Waals surface area (Å²) in [7, 11) is 1.45. The van der Waals surface area contributed by atoms with Crippen molar-refractivity contribution in [3.63, 3.8) is 0 Å². The first-order chi connectivity index (χ1) is 9.92. The monoisotopic (exact) mass is 295 g/mol. The Bertz CT molecular complexity index is 503. The fourth-order valence-corrected chi connectivity index (χ4v) is 1.64. The quantitative estimate of drug-likeness (QED) is 0.566. The lowest BCUT2D eigenvalue weighted by atomic mass is 10.2. The van der Waals surface area contributed by atoms with Gasteiger partial charge in [-0.25, -0.2) is 0 Å². The Labute approximate surface area is 123 Å². The Morgan fingerprint density at radius 3 is 2.67 bits per heavy atom. The molecule has 0 unspecified atom stereocenters. The van der Waals surface area contributed by atoms with Crippen molar-refractivity contribution in [2.45, 2.75) is 20.3 Å². The van der Waals surface area contributed by atoms with Crippen LogP contribution in [-0.4, -0.2) is 31.0 Å². The van der Waals surface area contributed by atoms with E-state index in [0.29, 0.717) is 36.9 Å². The van der Waals surface area contributed by atoms with Gasteiger partial charge >= 0.3 is 0 Å². The second-order valence-corrected chi connectivity index (χ2v) is 5.05. The number of ether oxygens (including phenoxy) is 1. The van der Waals surface area contributed by atoms with Crippen LogP contribution >= 0.6 is 0 Å². The number of carbonyl (C=O) groups is 1. The van der Waals surface area contributed by atoms with Gasteiger partial charge in [0.1, 0.15) is 5.75 Å². The number of benzene rings is 1. The fourth-order valence-electron chi connectivity index (χ4n) is 1.64. The van der Waals surface area contributed by atoms with Crippen LogP contribution in [0.1, 0.15) is 20.3 Å². The van der Waals surface area contributed by atoms with E-state index in [0.717, 1.165) is 0 Å². The zero-order valence-corrected chi connectivity index (χ0v) is 12.5. The van der Waals surface area contributed by atoms with Gasteiger partial charge in [-0.3, -0.25) is 14.9 Å². The number of anilines is 1. The standard InChI is InChI=1S/C14H21N3O4/c1-10(2)9-16-14(18)4-5-15-11-6-12(17(19)20)8-13(7-11)21-3/h6-8,10,15H,4-5,9H2,1-3H3,(H,16,18). The number of nitro benzene ring substituents is 1. The van der Waals surface area contributed by atoms with Crippen LogP contribution in [-0.2, 0) is 4.79 Å². The third-order valence-electron chi connectivity index (χ3n) is 2.73. The van der Waals surface area contributed by atoms with Gasteiger partial charge in [0, 0.05) is 37.3 Å². The fraction of sp³-hybridized carbons (Fsp3) is 0.500. The molecular formula is C14H21N3O4. The van der Waals surface area contributed by atoms with E-state index in [1.807, 2.05) is 13.8 Å². The predicted molar refractivity (Wildman–Crippen MR) is 80.6 cm³/mol. The minimum absolute atomic E-state index is 0.0476. The first-order valence-corrected chi connectivity index (χ1v) is 6.76. The molecule has 1 amide bonds. The molecule has 0 aliphatic heterocycles. The molecule has 0 fully saturated rings. The maximum absolute atomic E-state index is 11.6. The third-order valence-corrected chi connectivity index (χ3v) is 2.73. The maximum Gasteiger partial charge on any atom is 0.275 e. The molecule has 0 atom stereocenters. The molecule has 0 bridgehead atoms.